The van der Waals surface area contributed by atoms with E-state index >= 15 is 0 Å². The second-order valence-corrected chi connectivity index (χ2v) is 6.44. The summed E-state index contributed by atoms with van der Waals surface area (Å²) in [5.74, 6) is -1.12. The summed E-state index contributed by atoms with van der Waals surface area (Å²) < 4.78 is 0.676. The lowest BCUT2D eigenvalue weighted by Gasteiger charge is -2.10. The highest BCUT2D eigenvalue weighted by molar-refractivity contribution is 9.10. The molecule has 0 aliphatic heterocycles. The van der Waals surface area contributed by atoms with Crippen LogP contribution in [0.2, 0.25) is 10.0 Å². The first-order valence-electron chi connectivity index (χ1n) is 5.42. The average Bonchev–Trinajstić information content (AvgIpc) is 2.82. The van der Waals surface area contributed by atoms with Gasteiger partial charge in [0.25, 0.3) is 0 Å². The van der Waals surface area contributed by atoms with Crippen LogP contribution in [-0.2, 0) is 0 Å². The van der Waals surface area contributed by atoms with Crippen molar-refractivity contribution >= 4 is 73.2 Å². The Morgan fingerprint density at radius 1 is 1.19 bits per heavy atom. The molecule has 5 nitrogen and oxygen atoms in total. The van der Waals surface area contributed by atoms with Gasteiger partial charge < -0.3 is 10.4 Å². The second kappa shape index (κ2) is 6.65. The predicted octanol–water partition coefficient (Wildman–Crippen LogP) is 5.16. The van der Waals surface area contributed by atoms with Crippen molar-refractivity contribution in [1.82, 2.24) is 0 Å². The van der Waals surface area contributed by atoms with Gasteiger partial charge >= 0.3 is 12.0 Å². The summed E-state index contributed by atoms with van der Waals surface area (Å²) in [5.41, 5.74) is 0.260. The SMILES string of the molecule is O=C(Nc1sccc1C(=O)O)Nc1c(Cl)cc(Br)cc1Cl. The molecule has 0 aliphatic rings. The zero-order valence-electron chi connectivity index (χ0n) is 10.1. The van der Waals surface area contributed by atoms with Crippen molar-refractivity contribution in [2.45, 2.75) is 0 Å². The molecule has 0 unspecified atom stereocenters. The Morgan fingerprint density at radius 3 is 2.38 bits per heavy atom. The number of carbonyl (C=O) groups excluding carboxylic acids is 1. The lowest BCUT2D eigenvalue weighted by Crippen LogP contribution is -2.20. The molecular weight excluding hydrogens is 403 g/mol. The summed E-state index contributed by atoms with van der Waals surface area (Å²) in [6, 6.07) is 3.93. The number of carbonyl (C=O) groups is 2. The largest absolute Gasteiger partial charge is 0.478 e. The highest BCUT2D eigenvalue weighted by atomic mass is 79.9. The molecule has 0 spiro atoms. The molecule has 0 fully saturated rings. The molecule has 2 amide bonds. The van der Waals surface area contributed by atoms with Gasteiger partial charge in [-0.2, -0.15) is 0 Å². The molecular formula is C12H7BrCl2N2O3S. The van der Waals surface area contributed by atoms with Crippen LogP contribution in [0.3, 0.4) is 0 Å². The fourth-order valence-corrected chi connectivity index (χ4v) is 3.56. The van der Waals surface area contributed by atoms with E-state index in [0.717, 1.165) is 11.3 Å². The third-order valence-electron chi connectivity index (χ3n) is 2.37. The van der Waals surface area contributed by atoms with Crippen molar-refractivity contribution in [2.24, 2.45) is 0 Å². The topological polar surface area (TPSA) is 78.4 Å². The molecule has 0 bridgehead atoms. The Balaban J connectivity index is 2.16. The second-order valence-electron chi connectivity index (χ2n) is 3.79. The number of amides is 2. The molecule has 0 saturated heterocycles. The van der Waals surface area contributed by atoms with E-state index in [2.05, 4.69) is 26.6 Å². The van der Waals surface area contributed by atoms with E-state index in [4.69, 9.17) is 28.3 Å². The maximum absolute atomic E-state index is 11.9. The van der Waals surface area contributed by atoms with Crippen LogP contribution >= 0.6 is 50.5 Å². The van der Waals surface area contributed by atoms with Crippen molar-refractivity contribution in [3.05, 3.63) is 43.7 Å². The van der Waals surface area contributed by atoms with Gasteiger partial charge in [0.15, 0.2) is 0 Å². The number of halogens is 3. The van der Waals surface area contributed by atoms with E-state index in [1.807, 2.05) is 0 Å². The quantitative estimate of drug-likeness (QED) is 0.654. The van der Waals surface area contributed by atoms with E-state index in [1.165, 1.54) is 6.07 Å². The van der Waals surface area contributed by atoms with Crippen LogP contribution < -0.4 is 10.6 Å². The molecule has 0 atom stereocenters. The summed E-state index contributed by atoms with van der Waals surface area (Å²) in [4.78, 5) is 22.9. The van der Waals surface area contributed by atoms with E-state index < -0.39 is 12.0 Å². The highest BCUT2D eigenvalue weighted by Gasteiger charge is 2.16. The number of nitrogens with one attached hydrogen (secondary N) is 2. The Morgan fingerprint density at radius 2 is 1.81 bits per heavy atom. The first kappa shape index (κ1) is 16.1. The van der Waals surface area contributed by atoms with Gasteiger partial charge in [-0.15, -0.1) is 11.3 Å². The molecule has 1 heterocycles. The molecule has 2 rings (SSSR count). The van der Waals surface area contributed by atoms with E-state index in [9.17, 15) is 9.59 Å². The van der Waals surface area contributed by atoms with Crippen LogP contribution in [0.5, 0.6) is 0 Å². The third kappa shape index (κ3) is 3.88. The number of carboxylic acid groups (broad SMARTS) is 1. The lowest BCUT2D eigenvalue weighted by atomic mass is 10.3. The number of urea groups is 1. The minimum atomic E-state index is -1.12. The van der Waals surface area contributed by atoms with E-state index in [0.29, 0.717) is 4.47 Å². The van der Waals surface area contributed by atoms with Crippen molar-refractivity contribution in [1.29, 1.82) is 0 Å². The van der Waals surface area contributed by atoms with Crippen molar-refractivity contribution < 1.29 is 14.7 Å². The Kier molecular flexibility index (Phi) is 5.10. The smallest absolute Gasteiger partial charge is 0.338 e. The van der Waals surface area contributed by atoms with Gasteiger partial charge in [0.2, 0.25) is 0 Å². The molecule has 1 aromatic carbocycles. The van der Waals surface area contributed by atoms with E-state index in [1.54, 1.807) is 17.5 Å². The summed E-state index contributed by atoms with van der Waals surface area (Å²) in [6.45, 7) is 0. The van der Waals surface area contributed by atoms with Gasteiger partial charge in [-0.25, -0.2) is 9.59 Å². The van der Waals surface area contributed by atoms with Crippen LogP contribution in [-0.4, -0.2) is 17.1 Å². The van der Waals surface area contributed by atoms with Crippen LogP contribution in [0.4, 0.5) is 15.5 Å². The molecule has 0 radical (unpaired) electrons. The predicted molar refractivity (Wildman–Crippen MR) is 88.1 cm³/mol. The number of rotatable bonds is 3. The molecule has 3 N–H and O–H groups in total. The minimum Gasteiger partial charge on any atom is -0.478 e. The number of carboxylic acids is 1. The Bertz CT molecular complexity index is 697. The number of hydrogen-bond donors (Lipinski definition) is 3. The Labute approximate surface area is 142 Å². The van der Waals surface area contributed by atoms with Crippen LogP contribution in [0.1, 0.15) is 10.4 Å². The lowest BCUT2D eigenvalue weighted by molar-refractivity contribution is 0.0698. The normalized spacial score (nSPS) is 10.2. The van der Waals surface area contributed by atoms with Gasteiger partial charge in [0.1, 0.15) is 5.00 Å². The fourth-order valence-electron chi connectivity index (χ4n) is 1.48. The molecule has 110 valence electrons. The highest BCUT2D eigenvalue weighted by Crippen LogP contribution is 2.34. The number of hydrogen-bond acceptors (Lipinski definition) is 3. The molecule has 21 heavy (non-hydrogen) atoms. The van der Waals surface area contributed by atoms with Gasteiger partial charge in [-0.1, -0.05) is 39.1 Å². The summed E-state index contributed by atoms with van der Waals surface area (Å²) in [7, 11) is 0. The zero-order valence-corrected chi connectivity index (χ0v) is 14.0. The third-order valence-corrected chi connectivity index (χ3v) is 4.25. The fraction of sp³-hybridized carbons (Fsp3) is 0. The number of benzene rings is 1. The summed E-state index contributed by atoms with van der Waals surface area (Å²) in [6.07, 6.45) is 0. The number of anilines is 2. The number of aromatic carboxylic acids is 1. The molecule has 0 saturated carbocycles. The average molecular weight is 410 g/mol. The Hall–Kier alpha value is -1.28. The van der Waals surface area contributed by atoms with Crippen LogP contribution in [0.15, 0.2) is 28.1 Å². The zero-order chi connectivity index (χ0) is 15.6. The maximum atomic E-state index is 11.9. The van der Waals surface area contributed by atoms with Gasteiger partial charge in [-0.3, -0.25) is 5.32 Å². The summed E-state index contributed by atoms with van der Waals surface area (Å²) in [5, 5.41) is 16.2. The van der Waals surface area contributed by atoms with Crippen LogP contribution in [0.25, 0.3) is 0 Å². The molecule has 9 heteroatoms. The van der Waals surface area contributed by atoms with E-state index in [-0.39, 0.29) is 26.3 Å². The number of thiophene rings is 1. The van der Waals surface area contributed by atoms with Gasteiger partial charge in [-0.05, 0) is 23.6 Å². The standard InChI is InChI=1S/C12H7BrCl2N2O3S/c13-5-3-7(14)9(8(15)4-5)16-12(20)17-10-6(11(18)19)1-2-21-10/h1-4H,(H,18,19)(H2,16,17,20). The monoisotopic (exact) mass is 408 g/mol. The maximum Gasteiger partial charge on any atom is 0.338 e. The molecule has 0 aliphatic carbocycles. The van der Waals surface area contributed by atoms with Crippen molar-refractivity contribution in [3.8, 4) is 0 Å². The van der Waals surface area contributed by atoms with Gasteiger partial charge in [0.05, 0.1) is 21.3 Å². The molecule has 2 aromatic rings. The van der Waals surface area contributed by atoms with Crippen molar-refractivity contribution in [3.63, 3.8) is 0 Å². The first-order valence-corrected chi connectivity index (χ1v) is 7.84. The molecule has 1 aromatic heterocycles. The van der Waals surface area contributed by atoms with Crippen molar-refractivity contribution in [2.75, 3.05) is 10.6 Å². The van der Waals surface area contributed by atoms with Crippen LogP contribution in [0, 0.1) is 0 Å². The van der Waals surface area contributed by atoms with Gasteiger partial charge in [0, 0.05) is 4.47 Å². The summed E-state index contributed by atoms with van der Waals surface area (Å²) >= 11 is 16.3. The first-order chi connectivity index (χ1) is 9.88. The minimum absolute atomic E-state index is 0.0168.